The van der Waals surface area contributed by atoms with Gasteiger partial charge < -0.3 is 5.32 Å². The maximum atomic E-state index is 10.9. The van der Waals surface area contributed by atoms with E-state index in [1.54, 1.807) is 12.1 Å². The van der Waals surface area contributed by atoms with Crippen molar-refractivity contribution in [1.29, 1.82) is 0 Å². The molecule has 5 atom stereocenters. The number of hydrogen-bond acceptors (Lipinski definition) is 3. The smallest absolute Gasteiger partial charge is 0.271 e. The minimum absolute atomic E-state index is 0.101. The van der Waals surface area contributed by atoms with Crippen LogP contribution in [0.4, 0.5) is 11.4 Å². The van der Waals surface area contributed by atoms with Gasteiger partial charge in [-0.3, -0.25) is 10.1 Å². The van der Waals surface area contributed by atoms with Crippen LogP contribution in [-0.2, 0) is 0 Å². The number of nitrogens with zero attached hydrogens (tertiary/aromatic N) is 1. The molecule has 0 heterocycles. The van der Waals surface area contributed by atoms with Crippen LogP contribution in [0.1, 0.15) is 32.1 Å². The molecule has 112 valence electrons. The predicted molar refractivity (Wildman–Crippen MR) is 82.6 cm³/mol. The maximum Gasteiger partial charge on any atom is 0.271 e. The summed E-state index contributed by atoms with van der Waals surface area (Å²) in [7, 11) is 0. The Hall–Kier alpha value is -1.29. The third kappa shape index (κ3) is 2.11. The molecule has 3 aliphatic rings. The van der Waals surface area contributed by atoms with E-state index in [0.29, 0.717) is 11.1 Å². The van der Waals surface area contributed by atoms with Crippen LogP contribution in [0, 0.1) is 33.8 Å². The van der Waals surface area contributed by atoms with Gasteiger partial charge >= 0.3 is 0 Å². The zero-order valence-electron chi connectivity index (χ0n) is 11.8. The second-order valence-corrected chi connectivity index (χ2v) is 7.23. The van der Waals surface area contributed by atoms with Gasteiger partial charge in [-0.05, 0) is 55.4 Å². The van der Waals surface area contributed by atoms with E-state index >= 15 is 0 Å². The van der Waals surface area contributed by atoms with E-state index in [-0.39, 0.29) is 10.6 Å². The lowest BCUT2D eigenvalue weighted by Gasteiger charge is -2.32. The molecule has 0 spiro atoms. The summed E-state index contributed by atoms with van der Waals surface area (Å²) in [6, 6.07) is 5.09. The quantitative estimate of drug-likeness (QED) is 0.661. The number of halogens is 1. The van der Waals surface area contributed by atoms with Crippen LogP contribution in [0.25, 0.3) is 0 Å². The van der Waals surface area contributed by atoms with Crippen molar-refractivity contribution >= 4 is 23.0 Å². The second-order valence-electron chi connectivity index (χ2n) is 6.83. The van der Waals surface area contributed by atoms with Crippen LogP contribution >= 0.6 is 11.6 Å². The van der Waals surface area contributed by atoms with Crippen LogP contribution in [0.5, 0.6) is 0 Å². The molecule has 0 aliphatic heterocycles. The lowest BCUT2D eigenvalue weighted by Crippen LogP contribution is -2.33. The lowest BCUT2D eigenvalue weighted by atomic mass is 9.79. The summed E-state index contributed by atoms with van der Waals surface area (Å²) in [5.74, 6) is 3.42. The normalized spacial score (nSPS) is 36.7. The topological polar surface area (TPSA) is 55.2 Å². The number of rotatable bonds is 3. The molecule has 2 bridgehead atoms. The Bertz CT molecular complexity index is 592. The molecule has 3 aliphatic carbocycles. The van der Waals surface area contributed by atoms with Gasteiger partial charge in [0, 0.05) is 18.2 Å². The number of non-ortho nitro benzene ring substituents is 1. The average molecular weight is 307 g/mol. The molecule has 1 aromatic rings. The van der Waals surface area contributed by atoms with E-state index in [1.807, 2.05) is 0 Å². The van der Waals surface area contributed by atoms with Crippen LogP contribution < -0.4 is 5.32 Å². The fraction of sp³-hybridized carbons (Fsp3) is 0.625. The van der Waals surface area contributed by atoms with Crippen LogP contribution in [0.2, 0.25) is 5.02 Å². The first-order valence-electron chi connectivity index (χ1n) is 7.84. The molecule has 1 aromatic carbocycles. The van der Waals surface area contributed by atoms with E-state index in [0.717, 1.165) is 29.4 Å². The molecule has 0 radical (unpaired) electrons. The molecule has 4 nitrogen and oxygen atoms in total. The van der Waals surface area contributed by atoms with Crippen molar-refractivity contribution < 1.29 is 4.92 Å². The Morgan fingerprint density at radius 3 is 2.81 bits per heavy atom. The molecule has 4 rings (SSSR count). The Kier molecular flexibility index (Phi) is 3.10. The van der Waals surface area contributed by atoms with E-state index in [4.69, 9.17) is 11.6 Å². The van der Waals surface area contributed by atoms with Gasteiger partial charge in [-0.1, -0.05) is 18.0 Å². The van der Waals surface area contributed by atoms with Crippen LogP contribution in [0.3, 0.4) is 0 Å². The summed E-state index contributed by atoms with van der Waals surface area (Å²) in [6.45, 7) is 0. The third-order valence-corrected chi connectivity index (χ3v) is 6.26. The Labute approximate surface area is 129 Å². The lowest BCUT2D eigenvalue weighted by molar-refractivity contribution is -0.384. The Morgan fingerprint density at radius 2 is 2.00 bits per heavy atom. The highest BCUT2D eigenvalue weighted by molar-refractivity contribution is 6.33. The molecule has 0 saturated heterocycles. The molecule has 1 N–H and O–H groups in total. The molecule has 5 unspecified atom stereocenters. The summed E-state index contributed by atoms with van der Waals surface area (Å²) in [4.78, 5) is 10.5. The number of hydrogen-bond donors (Lipinski definition) is 1. The standard InChI is InChI=1S/C16H19ClN2O2/c17-14-5-4-10(19(20)21)8-16(14)18-15-7-9-6-13(15)12-3-1-2-11(9)12/h4-5,8-9,11-13,15,18H,1-3,6-7H2. The molecular formula is C16H19ClN2O2. The van der Waals surface area contributed by atoms with Gasteiger partial charge in [0.25, 0.3) is 5.69 Å². The summed E-state index contributed by atoms with van der Waals surface area (Å²) in [5.41, 5.74) is 0.821. The zero-order chi connectivity index (χ0) is 14.6. The molecular weight excluding hydrogens is 288 g/mol. The minimum Gasteiger partial charge on any atom is -0.381 e. The fourth-order valence-electron chi connectivity index (χ4n) is 5.17. The van der Waals surface area contributed by atoms with Crippen molar-refractivity contribution in [3.63, 3.8) is 0 Å². The molecule has 21 heavy (non-hydrogen) atoms. The van der Waals surface area contributed by atoms with E-state index < -0.39 is 0 Å². The first-order chi connectivity index (χ1) is 10.1. The highest BCUT2D eigenvalue weighted by Gasteiger charge is 2.53. The average Bonchev–Trinajstić information content (AvgIpc) is 3.12. The van der Waals surface area contributed by atoms with Crippen LogP contribution in [0.15, 0.2) is 18.2 Å². The first kappa shape index (κ1) is 13.4. The monoisotopic (exact) mass is 306 g/mol. The summed E-state index contributed by atoms with van der Waals surface area (Å²) in [6.07, 6.45) is 6.69. The van der Waals surface area contributed by atoms with E-state index in [2.05, 4.69) is 5.32 Å². The predicted octanol–water partition coefficient (Wildman–Crippen LogP) is 4.48. The number of nitro benzene ring substituents is 1. The summed E-state index contributed by atoms with van der Waals surface area (Å²) in [5, 5.41) is 15.0. The zero-order valence-corrected chi connectivity index (χ0v) is 12.6. The van der Waals surface area contributed by atoms with Gasteiger partial charge in [-0.2, -0.15) is 0 Å². The highest BCUT2D eigenvalue weighted by Crippen LogP contribution is 2.59. The SMILES string of the molecule is O=[N+]([O-])c1ccc(Cl)c(NC2CC3CC2C2CCCC32)c1. The van der Waals surface area contributed by atoms with Gasteiger partial charge in [0.2, 0.25) is 0 Å². The van der Waals surface area contributed by atoms with Crippen molar-refractivity contribution in [2.45, 2.75) is 38.1 Å². The van der Waals surface area contributed by atoms with Crippen molar-refractivity contribution in [3.8, 4) is 0 Å². The van der Waals surface area contributed by atoms with E-state index in [1.165, 1.54) is 38.2 Å². The van der Waals surface area contributed by atoms with Crippen molar-refractivity contribution in [3.05, 3.63) is 33.3 Å². The van der Waals surface area contributed by atoms with Gasteiger partial charge in [-0.15, -0.1) is 0 Å². The second kappa shape index (κ2) is 4.87. The molecule has 3 saturated carbocycles. The molecule has 0 amide bonds. The maximum absolute atomic E-state index is 10.9. The summed E-state index contributed by atoms with van der Waals surface area (Å²) >= 11 is 6.21. The first-order valence-corrected chi connectivity index (χ1v) is 8.22. The van der Waals surface area contributed by atoms with Crippen molar-refractivity contribution in [2.24, 2.45) is 23.7 Å². The Morgan fingerprint density at radius 1 is 1.19 bits per heavy atom. The fourth-order valence-corrected chi connectivity index (χ4v) is 5.34. The number of fused-ring (bicyclic) bond motifs is 5. The van der Waals surface area contributed by atoms with Gasteiger partial charge in [0.05, 0.1) is 15.6 Å². The minimum atomic E-state index is -0.366. The third-order valence-electron chi connectivity index (χ3n) is 5.93. The van der Waals surface area contributed by atoms with Gasteiger partial charge in [0.15, 0.2) is 0 Å². The highest BCUT2D eigenvalue weighted by atomic mass is 35.5. The summed E-state index contributed by atoms with van der Waals surface area (Å²) < 4.78 is 0. The van der Waals surface area contributed by atoms with E-state index in [9.17, 15) is 10.1 Å². The number of nitro groups is 1. The largest absolute Gasteiger partial charge is 0.381 e. The number of nitrogens with one attached hydrogen (secondary N) is 1. The van der Waals surface area contributed by atoms with Crippen molar-refractivity contribution in [2.75, 3.05) is 5.32 Å². The molecule has 5 heteroatoms. The van der Waals surface area contributed by atoms with Gasteiger partial charge in [0.1, 0.15) is 0 Å². The number of anilines is 1. The van der Waals surface area contributed by atoms with Crippen molar-refractivity contribution in [1.82, 2.24) is 0 Å². The van der Waals surface area contributed by atoms with Crippen LogP contribution in [-0.4, -0.2) is 11.0 Å². The molecule has 0 aromatic heterocycles. The van der Waals surface area contributed by atoms with Gasteiger partial charge in [-0.25, -0.2) is 0 Å². The molecule has 3 fully saturated rings. The number of benzene rings is 1. The Balaban J connectivity index is 1.55.